The molecule has 0 saturated carbocycles. The molecule has 0 bridgehead atoms. The molecule has 0 aliphatic carbocycles. The van der Waals surface area contributed by atoms with Gasteiger partial charge in [-0.05, 0) is 44.4 Å². The Hall–Kier alpha value is -3.06. The van der Waals surface area contributed by atoms with E-state index >= 15 is 0 Å². The lowest BCUT2D eigenvalue weighted by molar-refractivity contribution is 0.198. The fourth-order valence-electron chi connectivity index (χ4n) is 4.55. The standard InChI is InChI=1S/C24H31N5O2/c1-5-7-18-11-17(12-21(30-3)24(18)31-4)14-28-9-6-8-19(15-28)20-13-22(25)29-23(26-20)10-16(2)27-29/h5,10-13,19H,1,6-9,14-15,25H2,2-4H3/t19-/m1/s1. The molecule has 1 saturated heterocycles. The predicted octanol–water partition coefficient (Wildman–Crippen LogP) is 3.75. The topological polar surface area (TPSA) is 77.9 Å². The van der Waals surface area contributed by atoms with Crippen LogP contribution in [0.5, 0.6) is 11.5 Å². The van der Waals surface area contributed by atoms with Gasteiger partial charge in [-0.1, -0.05) is 12.1 Å². The number of anilines is 1. The average molecular weight is 422 g/mol. The van der Waals surface area contributed by atoms with E-state index < -0.39 is 0 Å². The van der Waals surface area contributed by atoms with E-state index in [0.717, 1.165) is 73.0 Å². The van der Waals surface area contributed by atoms with E-state index in [1.807, 2.05) is 25.1 Å². The van der Waals surface area contributed by atoms with Gasteiger partial charge in [0, 0.05) is 36.7 Å². The number of methoxy groups -OCH3 is 2. The number of allylic oxidation sites excluding steroid dienone is 1. The van der Waals surface area contributed by atoms with Crippen molar-refractivity contribution >= 4 is 11.5 Å². The minimum Gasteiger partial charge on any atom is -0.493 e. The molecule has 1 fully saturated rings. The van der Waals surface area contributed by atoms with Gasteiger partial charge in [0.1, 0.15) is 5.82 Å². The third-order valence-electron chi connectivity index (χ3n) is 5.91. The number of hydrogen-bond acceptors (Lipinski definition) is 6. The third-order valence-corrected chi connectivity index (χ3v) is 5.91. The fourth-order valence-corrected chi connectivity index (χ4v) is 4.55. The molecular formula is C24H31N5O2. The van der Waals surface area contributed by atoms with E-state index in [0.29, 0.717) is 11.7 Å². The van der Waals surface area contributed by atoms with Crippen LogP contribution in [0.25, 0.3) is 5.65 Å². The number of nitrogen functional groups attached to an aromatic ring is 1. The summed E-state index contributed by atoms with van der Waals surface area (Å²) in [6.45, 7) is 8.69. The molecule has 4 rings (SSSR count). The Balaban J connectivity index is 1.55. The van der Waals surface area contributed by atoms with Gasteiger partial charge in [-0.15, -0.1) is 6.58 Å². The average Bonchev–Trinajstić information content (AvgIpc) is 3.14. The molecule has 31 heavy (non-hydrogen) atoms. The zero-order valence-electron chi connectivity index (χ0n) is 18.6. The number of fused-ring (bicyclic) bond motifs is 1. The van der Waals surface area contributed by atoms with E-state index in [1.165, 1.54) is 5.56 Å². The van der Waals surface area contributed by atoms with Crippen LogP contribution in [-0.2, 0) is 13.0 Å². The van der Waals surface area contributed by atoms with Crippen molar-refractivity contribution in [2.45, 2.75) is 38.6 Å². The molecule has 0 radical (unpaired) electrons. The minimum atomic E-state index is 0.351. The largest absolute Gasteiger partial charge is 0.493 e. The maximum absolute atomic E-state index is 6.25. The fraction of sp³-hybridized carbons (Fsp3) is 0.417. The molecule has 3 heterocycles. The van der Waals surface area contributed by atoms with Gasteiger partial charge >= 0.3 is 0 Å². The Morgan fingerprint density at radius 3 is 2.81 bits per heavy atom. The molecule has 3 aromatic rings. The van der Waals surface area contributed by atoms with Crippen LogP contribution in [0.2, 0.25) is 0 Å². The van der Waals surface area contributed by atoms with Gasteiger partial charge in [-0.25, -0.2) is 4.98 Å². The maximum Gasteiger partial charge on any atom is 0.164 e. The van der Waals surface area contributed by atoms with E-state index in [4.69, 9.17) is 20.2 Å². The van der Waals surface area contributed by atoms with Crippen molar-refractivity contribution in [1.29, 1.82) is 0 Å². The van der Waals surface area contributed by atoms with Crippen LogP contribution in [0, 0.1) is 6.92 Å². The Labute approximate surface area is 183 Å². The number of ether oxygens (including phenoxy) is 2. The number of benzene rings is 1. The van der Waals surface area contributed by atoms with E-state index in [9.17, 15) is 0 Å². The van der Waals surface area contributed by atoms with Gasteiger partial charge in [0.25, 0.3) is 0 Å². The molecule has 7 heteroatoms. The zero-order valence-corrected chi connectivity index (χ0v) is 18.6. The summed E-state index contributed by atoms with van der Waals surface area (Å²) in [5.74, 6) is 2.54. The monoisotopic (exact) mass is 421 g/mol. The molecule has 1 aliphatic heterocycles. The Morgan fingerprint density at radius 2 is 2.06 bits per heavy atom. The minimum absolute atomic E-state index is 0.351. The summed E-state index contributed by atoms with van der Waals surface area (Å²) in [6, 6.07) is 8.23. The molecule has 1 atom stereocenters. The highest BCUT2D eigenvalue weighted by Gasteiger charge is 2.24. The van der Waals surface area contributed by atoms with Crippen molar-refractivity contribution < 1.29 is 9.47 Å². The summed E-state index contributed by atoms with van der Waals surface area (Å²) in [7, 11) is 3.36. The van der Waals surface area contributed by atoms with Crippen molar-refractivity contribution in [3.05, 3.63) is 59.4 Å². The van der Waals surface area contributed by atoms with Crippen molar-refractivity contribution in [2.75, 3.05) is 33.0 Å². The highest BCUT2D eigenvalue weighted by molar-refractivity contribution is 5.51. The van der Waals surface area contributed by atoms with E-state index in [1.54, 1.807) is 18.7 Å². The van der Waals surface area contributed by atoms with Crippen molar-refractivity contribution in [2.24, 2.45) is 0 Å². The molecule has 2 aromatic heterocycles. The second-order valence-electron chi connectivity index (χ2n) is 8.22. The lowest BCUT2D eigenvalue weighted by Gasteiger charge is -2.32. The third kappa shape index (κ3) is 4.37. The number of aryl methyl sites for hydroxylation is 1. The summed E-state index contributed by atoms with van der Waals surface area (Å²) >= 11 is 0. The summed E-state index contributed by atoms with van der Waals surface area (Å²) < 4.78 is 12.9. The van der Waals surface area contributed by atoms with Crippen LogP contribution in [0.4, 0.5) is 5.82 Å². The quantitative estimate of drug-likeness (QED) is 0.586. The first kappa shape index (κ1) is 21.2. The van der Waals surface area contributed by atoms with Crippen LogP contribution < -0.4 is 15.2 Å². The number of nitrogens with zero attached hydrogens (tertiary/aromatic N) is 4. The van der Waals surface area contributed by atoms with Gasteiger partial charge in [-0.3, -0.25) is 4.90 Å². The summed E-state index contributed by atoms with van der Waals surface area (Å²) in [5, 5.41) is 4.41. The van der Waals surface area contributed by atoms with Crippen LogP contribution >= 0.6 is 0 Å². The molecular weight excluding hydrogens is 390 g/mol. The first-order valence-electron chi connectivity index (χ1n) is 10.7. The van der Waals surface area contributed by atoms with Crippen LogP contribution in [0.3, 0.4) is 0 Å². The molecule has 1 aliphatic rings. The van der Waals surface area contributed by atoms with Crippen LogP contribution in [-0.4, -0.2) is 46.8 Å². The lowest BCUT2D eigenvalue weighted by Crippen LogP contribution is -2.34. The molecule has 7 nitrogen and oxygen atoms in total. The van der Waals surface area contributed by atoms with Gasteiger partial charge in [0.15, 0.2) is 17.1 Å². The van der Waals surface area contributed by atoms with Crippen molar-refractivity contribution in [3.8, 4) is 11.5 Å². The number of hydrogen-bond donors (Lipinski definition) is 1. The molecule has 0 amide bonds. The van der Waals surface area contributed by atoms with Crippen LogP contribution in [0.15, 0.2) is 36.9 Å². The SMILES string of the molecule is C=CCc1cc(CN2CCC[C@@H](c3cc(N)n4nc(C)cc4n3)C2)cc(OC)c1OC. The van der Waals surface area contributed by atoms with Gasteiger partial charge < -0.3 is 15.2 Å². The number of aromatic nitrogens is 3. The second kappa shape index (κ2) is 8.98. The first-order valence-corrected chi connectivity index (χ1v) is 10.7. The van der Waals surface area contributed by atoms with Crippen LogP contribution in [0.1, 0.15) is 41.3 Å². The second-order valence-corrected chi connectivity index (χ2v) is 8.22. The number of rotatable bonds is 7. The first-order chi connectivity index (χ1) is 15.0. The lowest BCUT2D eigenvalue weighted by atomic mass is 9.94. The van der Waals surface area contributed by atoms with Crippen molar-refractivity contribution in [3.63, 3.8) is 0 Å². The Morgan fingerprint density at radius 1 is 1.23 bits per heavy atom. The zero-order chi connectivity index (χ0) is 22.0. The number of nitrogens with two attached hydrogens (primary N) is 1. The normalized spacial score (nSPS) is 17.1. The van der Waals surface area contributed by atoms with E-state index in [-0.39, 0.29) is 0 Å². The smallest absolute Gasteiger partial charge is 0.164 e. The maximum atomic E-state index is 6.25. The molecule has 164 valence electrons. The number of piperidine rings is 1. The molecule has 2 N–H and O–H groups in total. The molecule has 0 spiro atoms. The molecule has 0 unspecified atom stereocenters. The summed E-state index contributed by atoms with van der Waals surface area (Å²) in [4.78, 5) is 7.34. The Bertz CT molecular complexity index is 1090. The van der Waals surface area contributed by atoms with Gasteiger partial charge in [0.2, 0.25) is 0 Å². The number of likely N-dealkylation sites (tertiary alicyclic amines) is 1. The highest BCUT2D eigenvalue weighted by Crippen LogP contribution is 2.34. The summed E-state index contributed by atoms with van der Waals surface area (Å²) in [5.41, 5.74) is 11.3. The van der Waals surface area contributed by atoms with Crippen molar-refractivity contribution in [1.82, 2.24) is 19.5 Å². The molecule has 1 aromatic carbocycles. The van der Waals surface area contributed by atoms with Gasteiger partial charge in [0.05, 0.1) is 25.6 Å². The van der Waals surface area contributed by atoms with E-state index in [2.05, 4.69) is 28.7 Å². The predicted molar refractivity (Wildman–Crippen MR) is 123 cm³/mol. The summed E-state index contributed by atoms with van der Waals surface area (Å²) in [6.07, 6.45) is 4.87. The Kier molecular flexibility index (Phi) is 6.13. The van der Waals surface area contributed by atoms with Gasteiger partial charge in [-0.2, -0.15) is 9.61 Å². The highest BCUT2D eigenvalue weighted by atomic mass is 16.5.